The second-order valence-electron chi connectivity index (χ2n) is 14.0. The van der Waals surface area contributed by atoms with Crippen LogP contribution in [0.2, 0.25) is 0 Å². The summed E-state index contributed by atoms with van der Waals surface area (Å²) in [6, 6.07) is 69.3. The van der Waals surface area contributed by atoms with Gasteiger partial charge in [-0.3, -0.25) is 0 Å². The summed E-state index contributed by atoms with van der Waals surface area (Å²) in [6.45, 7) is 4.76. The summed E-state index contributed by atoms with van der Waals surface area (Å²) in [5, 5.41) is 0. The first-order valence-corrected chi connectivity index (χ1v) is 18.1. The Hall–Kier alpha value is -6.70. The molecule has 242 valence electrons. The molecule has 0 bridgehead atoms. The fourth-order valence-corrected chi connectivity index (χ4v) is 9.62. The first-order valence-electron chi connectivity index (χ1n) is 18.1. The third-order valence-corrected chi connectivity index (χ3v) is 11.6. The van der Waals surface area contributed by atoms with E-state index < -0.39 is 5.41 Å². The van der Waals surface area contributed by atoms with Gasteiger partial charge in [-0.2, -0.15) is 0 Å². The van der Waals surface area contributed by atoms with Crippen molar-refractivity contribution in [3.05, 3.63) is 228 Å². The predicted octanol–water partition coefficient (Wildman–Crippen LogP) is 13.2. The van der Waals surface area contributed by atoms with Crippen LogP contribution in [0, 0.1) is 0 Å². The van der Waals surface area contributed by atoms with Crippen molar-refractivity contribution >= 4 is 22.6 Å². The molecule has 0 radical (unpaired) electrons. The molecule has 1 spiro atoms. The number of hydrogen-bond donors (Lipinski definition) is 0. The molecule has 8 aromatic carbocycles. The maximum atomic E-state index is 4.76. The minimum Gasteiger partial charge on any atom is -0.309 e. The molecule has 52 heavy (non-hydrogen) atoms. The second kappa shape index (κ2) is 10.9. The van der Waals surface area contributed by atoms with E-state index in [-0.39, 0.29) is 0 Å². The van der Waals surface area contributed by atoms with Crippen molar-refractivity contribution in [1.82, 2.24) is 0 Å². The lowest BCUT2D eigenvalue weighted by Gasteiger charge is -2.37. The molecular formula is C51H33N. The van der Waals surface area contributed by atoms with Gasteiger partial charge in [0.2, 0.25) is 0 Å². The van der Waals surface area contributed by atoms with Crippen molar-refractivity contribution in [1.29, 1.82) is 0 Å². The van der Waals surface area contributed by atoms with Gasteiger partial charge in [0.15, 0.2) is 0 Å². The van der Waals surface area contributed by atoms with E-state index in [9.17, 15) is 0 Å². The van der Waals surface area contributed by atoms with E-state index in [1.165, 1.54) is 83.6 Å². The molecule has 0 saturated carbocycles. The Balaban J connectivity index is 1.29. The summed E-state index contributed by atoms with van der Waals surface area (Å²) in [5.74, 6) is 0. The van der Waals surface area contributed by atoms with Crippen LogP contribution in [-0.2, 0) is 5.41 Å². The maximum absolute atomic E-state index is 4.76. The van der Waals surface area contributed by atoms with E-state index in [1.54, 1.807) is 0 Å². The largest absolute Gasteiger partial charge is 0.309 e. The summed E-state index contributed by atoms with van der Waals surface area (Å²) in [4.78, 5) is 2.55. The third-order valence-electron chi connectivity index (χ3n) is 11.6. The highest BCUT2D eigenvalue weighted by Gasteiger charge is 2.53. The Labute approximate surface area is 304 Å². The van der Waals surface area contributed by atoms with Crippen molar-refractivity contribution < 1.29 is 0 Å². The van der Waals surface area contributed by atoms with Crippen LogP contribution in [0.25, 0.3) is 50.1 Å². The zero-order valence-corrected chi connectivity index (χ0v) is 28.6. The average molecular weight is 660 g/mol. The van der Waals surface area contributed by atoms with Crippen molar-refractivity contribution in [2.75, 3.05) is 4.90 Å². The summed E-state index contributed by atoms with van der Waals surface area (Å²) >= 11 is 0. The number of hydrogen-bond acceptors (Lipinski definition) is 1. The van der Waals surface area contributed by atoms with Crippen LogP contribution in [0.5, 0.6) is 0 Å². The molecule has 3 aliphatic rings. The zero-order chi connectivity index (χ0) is 34.4. The number of para-hydroxylation sites is 1. The van der Waals surface area contributed by atoms with Crippen molar-refractivity contribution in [3.63, 3.8) is 0 Å². The summed E-state index contributed by atoms with van der Waals surface area (Å²) < 4.78 is 0. The van der Waals surface area contributed by atoms with Gasteiger partial charge in [0.05, 0.1) is 22.5 Å². The number of rotatable bonds is 4. The van der Waals surface area contributed by atoms with Crippen LogP contribution in [0.15, 0.2) is 195 Å². The fraction of sp³-hybridized carbons (Fsp3) is 0.0196. The van der Waals surface area contributed by atoms with Gasteiger partial charge in [0.25, 0.3) is 0 Å². The maximum Gasteiger partial charge on any atom is 0.0746 e. The van der Waals surface area contributed by atoms with Crippen LogP contribution in [0.3, 0.4) is 0 Å². The van der Waals surface area contributed by atoms with Gasteiger partial charge < -0.3 is 4.90 Å². The Morgan fingerprint density at radius 3 is 1.42 bits per heavy atom. The minimum absolute atomic E-state index is 0.506. The Morgan fingerprint density at radius 2 is 0.769 bits per heavy atom. The Kier molecular flexibility index (Phi) is 6.09. The molecular weight excluding hydrogens is 627 g/mol. The molecule has 0 unspecified atom stereocenters. The monoisotopic (exact) mass is 659 g/mol. The van der Waals surface area contributed by atoms with Crippen molar-refractivity contribution in [3.8, 4) is 44.5 Å². The Bertz CT molecular complexity index is 2710. The zero-order valence-electron chi connectivity index (χ0n) is 28.6. The van der Waals surface area contributed by atoms with E-state index in [2.05, 4.69) is 193 Å². The number of nitrogens with zero attached hydrogens (tertiary/aromatic N) is 1. The van der Waals surface area contributed by atoms with E-state index in [0.717, 1.165) is 16.9 Å². The van der Waals surface area contributed by atoms with E-state index in [4.69, 9.17) is 6.58 Å². The Morgan fingerprint density at radius 1 is 0.327 bits per heavy atom. The smallest absolute Gasteiger partial charge is 0.0746 e. The van der Waals surface area contributed by atoms with Crippen LogP contribution in [0.4, 0.5) is 17.1 Å². The van der Waals surface area contributed by atoms with Gasteiger partial charge in [-0.15, -0.1) is 0 Å². The fourth-order valence-electron chi connectivity index (χ4n) is 9.62. The predicted molar refractivity (Wildman–Crippen MR) is 216 cm³/mol. The lowest BCUT2D eigenvalue weighted by Crippen LogP contribution is -2.28. The molecule has 0 saturated heterocycles. The molecule has 0 aliphatic heterocycles. The number of fused-ring (bicyclic) bond motifs is 13. The highest BCUT2D eigenvalue weighted by Crippen LogP contribution is 2.66. The van der Waals surface area contributed by atoms with Gasteiger partial charge >= 0.3 is 0 Å². The summed E-state index contributed by atoms with van der Waals surface area (Å²) in [6.07, 6.45) is 0. The molecule has 0 fully saturated rings. The van der Waals surface area contributed by atoms with Crippen molar-refractivity contribution in [2.24, 2.45) is 0 Å². The van der Waals surface area contributed by atoms with E-state index >= 15 is 0 Å². The molecule has 1 nitrogen and oxygen atoms in total. The molecule has 0 heterocycles. The highest BCUT2D eigenvalue weighted by molar-refractivity contribution is 6.08. The van der Waals surface area contributed by atoms with E-state index in [0.29, 0.717) is 0 Å². The molecule has 0 N–H and O–H groups in total. The SMILES string of the molecule is C=C1c2ccccc2-c2cccc(N(c3ccccc3-c3ccccc3)c3cccc4c3C3(c5ccccc5-c5ccccc53)c3ccccc3-4)c21. The van der Waals surface area contributed by atoms with Crippen LogP contribution >= 0.6 is 0 Å². The first-order chi connectivity index (χ1) is 25.8. The van der Waals surface area contributed by atoms with Crippen LogP contribution < -0.4 is 4.90 Å². The van der Waals surface area contributed by atoms with Gasteiger partial charge in [0, 0.05) is 16.7 Å². The number of anilines is 3. The lowest BCUT2D eigenvalue weighted by molar-refractivity contribution is 0.793. The highest BCUT2D eigenvalue weighted by atomic mass is 15.2. The van der Waals surface area contributed by atoms with Gasteiger partial charge in [-0.05, 0) is 85.0 Å². The normalized spacial score (nSPS) is 13.6. The van der Waals surface area contributed by atoms with Crippen LogP contribution in [-0.4, -0.2) is 0 Å². The van der Waals surface area contributed by atoms with Gasteiger partial charge in [0.1, 0.15) is 0 Å². The topological polar surface area (TPSA) is 3.24 Å². The molecule has 0 aromatic heterocycles. The average Bonchev–Trinajstić information content (AvgIpc) is 3.81. The second-order valence-corrected chi connectivity index (χ2v) is 14.0. The summed E-state index contributed by atoms with van der Waals surface area (Å²) in [5.41, 5.74) is 21.7. The molecule has 0 atom stereocenters. The molecule has 3 aliphatic carbocycles. The molecule has 0 amide bonds. The first kappa shape index (κ1) is 29.1. The lowest BCUT2D eigenvalue weighted by atomic mass is 9.70. The van der Waals surface area contributed by atoms with Gasteiger partial charge in [-0.1, -0.05) is 176 Å². The van der Waals surface area contributed by atoms with Crippen LogP contribution in [0.1, 0.15) is 33.4 Å². The van der Waals surface area contributed by atoms with Gasteiger partial charge in [-0.25, -0.2) is 0 Å². The quantitative estimate of drug-likeness (QED) is 0.182. The standard InChI is InChI=1S/C51H33N/c1-33-35-19-5-6-21-37(35)41-25-15-31-47(49(33)41)52(46-30-14-10-20-36(46)34-17-3-2-4-18-34)48-32-16-26-42-40-24-9-13-29-45(40)51(50(42)48)43-27-11-7-22-38(43)39-23-8-12-28-44(39)51/h2-32H,1H2. The molecule has 11 rings (SSSR count). The van der Waals surface area contributed by atoms with E-state index in [1.807, 2.05) is 0 Å². The molecule has 1 heteroatoms. The number of benzene rings is 8. The van der Waals surface area contributed by atoms with Crippen molar-refractivity contribution in [2.45, 2.75) is 5.41 Å². The third kappa shape index (κ3) is 3.72. The minimum atomic E-state index is -0.506. The molecule has 8 aromatic rings. The summed E-state index contributed by atoms with van der Waals surface area (Å²) in [7, 11) is 0.